The van der Waals surface area contributed by atoms with Crippen LogP contribution in [0.15, 0.2) is 98.1 Å². The third kappa shape index (κ3) is 3.93. The van der Waals surface area contributed by atoms with Crippen molar-refractivity contribution in [2.75, 3.05) is 0 Å². The minimum absolute atomic E-state index is 0. The summed E-state index contributed by atoms with van der Waals surface area (Å²) in [6.07, 6.45) is 0. The number of benzene rings is 3. The number of hydrogen-bond acceptors (Lipinski definition) is 0. The Bertz CT molecular complexity index is 735. The molecule has 0 aliphatic rings. The van der Waals surface area contributed by atoms with E-state index < -0.39 is 0 Å². The first-order valence-corrected chi connectivity index (χ1v) is 7.35. The Labute approximate surface area is 150 Å². The van der Waals surface area contributed by atoms with Crippen LogP contribution < -0.4 is 0 Å². The second kappa shape index (κ2) is 7.84. The summed E-state index contributed by atoms with van der Waals surface area (Å²) in [5, 5.41) is 0. The fourth-order valence-corrected chi connectivity index (χ4v) is 2.51. The van der Waals surface area contributed by atoms with E-state index in [1.54, 1.807) is 0 Å². The first kappa shape index (κ1) is 17.1. The molecule has 0 nitrogen and oxygen atoms in total. The van der Waals surface area contributed by atoms with Crippen LogP contribution in [-0.2, 0) is 0 Å². The van der Waals surface area contributed by atoms with Gasteiger partial charge in [-0.3, -0.25) is 0 Å². The molecule has 3 aromatic rings. The Balaban J connectivity index is 0.00000192. The van der Waals surface area contributed by atoms with Gasteiger partial charge in [-0.2, -0.15) is 0 Å². The fourth-order valence-electron chi connectivity index (χ4n) is 2.51. The van der Waals surface area contributed by atoms with E-state index in [0.29, 0.717) is 0 Å². The Morgan fingerprint density at radius 3 is 1.22 bits per heavy atom. The van der Waals surface area contributed by atoms with E-state index in [9.17, 15) is 0 Å². The topological polar surface area (TPSA) is 0 Å². The van der Waals surface area contributed by atoms with Gasteiger partial charge in [0.15, 0.2) is 0 Å². The summed E-state index contributed by atoms with van der Waals surface area (Å²) in [4.78, 5) is 0. The molecule has 0 heterocycles. The van der Waals surface area contributed by atoms with Gasteiger partial charge in [0.2, 0.25) is 0 Å². The van der Waals surface area contributed by atoms with Crippen molar-refractivity contribution in [3.8, 4) is 0 Å². The van der Waals surface area contributed by atoms with Gasteiger partial charge in [0.25, 0.3) is 0 Å². The van der Waals surface area contributed by atoms with Crippen LogP contribution in [0.5, 0.6) is 0 Å². The Kier molecular flexibility index (Phi) is 5.82. The second-order valence-electron chi connectivity index (χ2n) is 5.27. The first-order valence-electron chi connectivity index (χ1n) is 7.35. The zero-order valence-electron chi connectivity index (χ0n) is 12.5. The van der Waals surface area contributed by atoms with Crippen LogP contribution in [0.2, 0.25) is 0 Å². The zero-order chi connectivity index (χ0) is 15.4. The molecule has 0 amide bonds. The Hall–Kier alpha value is -2.26. The van der Waals surface area contributed by atoms with Gasteiger partial charge in [0, 0.05) is 0 Å². The summed E-state index contributed by atoms with van der Waals surface area (Å²) in [7, 11) is 0. The monoisotopic (exact) mass is 290 g/mol. The molecule has 0 saturated carbocycles. The van der Waals surface area contributed by atoms with Crippen molar-refractivity contribution < 1.29 is 0 Å². The Morgan fingerprint density at radius 1 is 0.478 bits per heavy atom. The van der Waals surface area contributed by atoms with Crippen molar-refractivity contribution in [3.63, 3.8) is 0 Å². The van der Waals surface area contributed by atoms with Gasteiger partial charge in [-0.1, -0.05) is 92.0 Å². The molecule has 0 N–H and O–H groups in total. The summed E-state index contributed by atoms with van der Waals surface area (Å²) >= 11 is 0. The quantitative estimate of drug-likeness (QED) is 0.582. The maximum absolute atomic E-state index is 4.24. The van der Waals surface area contributed by atoms with Gasteiger partial charge >= 0.3 is 18.9 Å². The van der Waals surface area contributed by atoms with Gasteiger partial charge < -0.3 is 0 Å². The summed E-state index contributed by atoms with van der Waals surface area (Å²) in [5.41, 5.74) is 6.60. The average molecular weight is 290 g/mol. The molecule has 1 heteroatoms. The molecular formula is C22H19Li. The molecule has 0 aliphatic carbocycles. The van der Waals surface area contributed by atoms with E-state index >= 15 is 0 Å². The molecule has 23 heavy (non-hydrogen) atoms. The molecule has 108 valence electrons. The maximum atomic E-state index is 4.24. The van der Waals surface area contributed by atoms with Crippen LogP contribution >= 0.6 is 0 Å². The van der Waals surface area contributed by atoms with E-state index in [0.717, 1.165) is 33.4 Å². The van der Waals surface area contributed by atoms with Crippen LogP contribution in [0.25, 0.3) is 11.1 Å². The predicted octanol–water partition coefficient (Wildman–Crippen LogP) is 5.16. The van der Waals surface area contributed by atoms with Crippen LogP contribution in [0.4, 0.5) is 0 Å². The second-order valence-corrected chi connectivity index (χ2v) is 5.27. The summed E-state index contributed by atoms with van der Waals surface area (Å²) in [6, 6.07) is 28.9. The van der Waals surface area contributed by atoms with Crippen molar-refractivity contribution in [1.29, 1.82) is 0 Å². The fraction of sp³-hybridized carbons (Fsp3) is 0. The molecule has 3 aromatic carbocycles. The molecule has 0 aliphatic heterocycles. The summed E-state index contributed by atoms with van der Waals surface area (Å²) < 4.78 is 0. The van der Waals surface area contributed by atoms with Gasteiger partial charge in [-0.05, 0) is 39.5 Å². The molecule has 0 radical (unpaired) electrons. The van der Waals surface area contributed by atoms with E-state index in [1.165, 1.54) is 0 Å². The summed E-state index contributed by atoms with van der Waals surface area (Å²) in [5.74, 6) is 0. The van der Waals surface area contributed by atoms with Crippen LogP contribution in [0.3, 0.4) is 0 Å². The van der Waals surface area contributed by atoms with Crippen molar-refractivity contribution >= 4 is 30.0 Å². The molecule has 0 saturated heterocycles. The zero-order valence-corrected chi connectivity index (χ0v) is 12.5. The van der Waals surface area contributed by atoms with E-state index in [1.807, 2.05) is 36.4 Å². The van der Waals surface area contributed by atoms with Gasteiger partial charge in [-0.25, -0.2) is 0 Å². The van der Waals surface area contributed by atoms with Gasteiger partial charge in [0.05, 0.1) is 0 Å². The van der Waals surface area contributed by atoms with Crippen molar-refractivity contribution in [2.45, 2.75) is 0 Å². The SMILES string of the molecule is C=C(c1ccccc1)c1cccc(C(=C)c2ccccc2)c1.[LiH]. The van der Waals surface area contributed by atoms with Crippen LogP contribution in [-0.4, -0.2) is 18.9 Å². The van der Waals surface area contributed by atoms with Gasteiger partial charge in [0.1, 0.15) is 0 Å². The minimum atomic E-state index is 0. The molecule has 0 unspecified atom stereocenters. The van der Waals surface area contributed by atoms with Crippen molar-refractivity contribution in [2.24, 2.45) is 0 Å². The standard InChI is InChI=1S/C22H18.Li.H/c1-17(19-10-5-3-6-11-19)21-14-9-15-22(16-21)18(2)20-12-7-4-8-13-20;;/h3-16H,1-2H2;;. The molecule has 3 rings (SSSR count). The van der Waals surface area contributed by atoms with E-state index in [2.05, 4.69) is 61.7 Å². The first-order chi connectivity index (χ1) is 10.8. The Morgan fingerprint density at radius 2 is 0.826 bits per heavy atom. The average Bonchev–Trinajstić information content (AvgIpc) is 2.62. The third-order valence-electron chi connectivity index (χ3n) is 3.80. The van der Waals surface area contributed by atoms with E-state index in [4.69, 9.17) is 0 Å². The molecule has 0 aromatic heterocycles. The third-order valence-corrected chi connectivity index (χ3v) is 3.80. The molecule has 0 spiro atoms. The number of rotatable bonds is 4. The van der Waals surface area contributed by atoms with Crippen LogP contribution in [0, 0.1) is 0 Å². The normalized spacial score (nSPS) is 9.74. The summed E-state index contributed by atoms with van der Waals surface area (Å²) in [6.45, 7) is 8.48. The van der Waals surface area contributed by atoms with Crippen LogP contribution in [0.1, 0.15) is 22.3 Å². The van der Waals surface area contributed by atoms with Crippen molar-refractivity contribution in [3.05, 3.63) is 120 Å². The van der Waals surface area contributed by atoms with Gasteiger partial charge in [-0.15, -0.1) is 0 Å². The number of hydrogen-bond donors (Lipinski definition) is 0. The molecular weight excluding hydrogens is 271 g/mol. The van der Waals surface area contributed by atoms with Crippen molar-refractivity contribution in [1.82, 2.24) is 0 Å². The predicted molar refractivity (Wildman–Crippen MR) is 103 cm³/mol. The molecule has 0 fully saturated rings. The van der Waals surface area contributed by atoms with E-state index in [-0.39, 0.29) is 18.9 Å². The molecule has 0 bridgehead atoms. The molecule has 0 atom stereocenters.